The zero-order chi connectivity index (χ0) is 20.1. The predicted molar refractivity (Wildman–Crippen MR) is 98.9 cm³/mol. The van der Waals surface area contributed by atoms with Crippen LogP contribution in [0.1, 0.15) is 32.6 Å². The third-order valence-electron chi connectivity index (χ3n) is 5.26. The van der Waals surface area contributed by atoms with Crippen LogP contribution in [0.2, 0.25) is 0 Å². The molecule has 0 bridgehead atoms. The maximum atomic E-state index is 12.6. The Bertz CT molecular complexity index is 604. The van der Waals surface area contributed by atoms with Crippen molar-refractivity contribution in [3.05, 3.63) is 0 Å². The molecule has 0 aliphatic carbocycles. The van der Waals surface area contributed by atoms with Crippen molar-refractivity contribution in [2.45, 2.75) is 44.2 Å². The van der Waals surface area contributed by atoms with E-state index < -0.39 is 15.5 Å². The Morgan fingerprint density at radius 2 is 1.85 bits per heavy atom. The number of rotatable bonds is 5. The number of piperidine rings is 2. The number of hydrogen-bond acceptors (Lipinski definition) is 4. The highest BCUT2D eigenvalue weighted by atomic mass is 32.2. The second kappa shape index (κ2) is 9.42. The van der Waals surface area contributed by atoms with Gasteiger partial charge in [0.2, 0.25) is 0 Å². The summed E-state index contributed by atoms with van der Waals surface area (Å²) in [5.74, 6) is 1.15. The summed E-state index contributed by atoms with van der Waals surface area (Å²) in [7, 11) is -3.58. The van der Waals surface area contributed by atoms with E-state index in [-0.39, 0.29) is 19.1 Å². The maximum absolute atomic E-state index is 12.6. The lowest BCUT2D eigenvalue weighted by Gasteiger charge is -2.34. The molecule has 7 nitrogen and oxygen atoms in total. The van der Waals surface area contributed by atoms with E-state index in [1.165, 1.54) is 6.42 Å². The highest BCUT2D eigenvalue weighted by Gasteiger charge is 2.50. The van der Waals surface area contributed by atoms with Crippen molar-refractivity contribution in [2.75, 3.05) is 46.3 Å². The molecule has 2 aliphatic rings. The lowest BCUT2D eigenvalue weighted by molar-refractivity contribution is -0.0494. The number of alkyl halides is 3. The van der Waals surface area contributed by atoms with E-state index in [4.69, 9.17) is 0 Å². The number of nitrogens with zero attached hydrogens (tertiary/aromatic N) is 3. The maximum Gasteiger partial charge on any atom is 0.511 e. The Morgan fingerprint density at radius 3 is 2.41 bits per heavy atom. The van der Waals surface area contributed by atoms with Crippen LogP contribution in [0.3, 0.4) is 0 Å². The zero-order valence-corrected chi connectivity index (χ0v) is 16.7. The van der Waals surface area contributed by atoms with Crippen molar-refractivity contribution >= 4 is 16.0 Å². The number of likely N-dealkylation sites (tertiary alicyclic amines) is 1. The fourth-order valence-electron chi connectivity index (χ4n) is 3.62. The topological polar surface area (TPSA) is 77.0 Å². The van der Waals surface area contributed by atoms with E-state index in [9.17, 15) is 21.6 Å². The minimum atomic E-state index is -5.24. The van der Waals surface area contributed by atoms with Crippen molar-refractivity contribution in [2.24, 2.45) is 10.9 Å². The van der Waals surface area contributed by atoms with E-state index in [1.807, 2.05) is 0 Å². The molecule has 2 N–H and O–H groups in total. The van der Waals surface area contributed by atoms with Gasteiger partial charge in [-0.25, -0.2) is 8.42 Å². The average Bonchev–Trinajstić information content (AvgIpc) is 2.64. The number of nitrogens with one attached hydrogen (secondary N) is 2. The number of halogens is 3. The van der Waals surface area contributed by atoms with Gasteiger partial charge in [0.05, 0.1) is 0 Å². The fourth-order valence-corrected chi connectivity index (χ4v) is 4.61. The van der Waals surface area contributed by atoms with Gasteiger partial charge in [-0.2, -0.15) is 17.5 Å². The molecule has 0 amide bonds. The molecule has 2 aliphatic heterocycles. The van der Waals surface area contributed by atoms with Crippen LogP contribution in [0.5, 0.6) is 0 Å². The highest BCUT2D eigenvalue weighted by molar-refractivity contribution is 7.90. The standard InChI is InChI=1S/C16H30F3N5O2S/c1-3-23-8-4-5-13(12-23)11-21-15(20-2)22-14-6-9-24(10-7-14)27(25,26)16(17,18)19/h13-14H,3-12H2,1-2H3,(H2,20,21,22). The van der Waals surface area contributed by atoms with E-state index in [0.717, 1.165) is 32.6 Å². The van der Waals surface area contributed by atoms with Crippen LogP contribution < -0.4 is 10.6 Å². The van der Waals surface area contributed by atoms with Crippen molar-refractivity contribution in [1.29, 1.82) is 0 Å². The van der Waals surface area contributed by atoms with E-state index >= 15 is 0 Å². The van der Waals surface area contributed by atoms with Gasteiger partial charge in [0, 0.05) is 39.3 Å². The van der Waals surface area contributed by atoms with Crippen molar-refractivity contribution in [1.82, 2.24) is 19.8 Å². The molecule has 0 radical (unpaired) electrons. The van der Waals surface area contributed by atoms with E-state index in [1.54, 1.807) is 7.05 Å². The first-order valence-corrected chi connectivity index (χ1v) is 10.9. The summed E-state index contributed by atoms with van der Waals surface area (Å²) in [6.45, 7) is 5.88. The first-order valence-electron chi connectivity index (χ1n) is 9.43. The van der Waals surface area contributed by atoms with Gasteiger partial charge in [-0.1, -0.05) is 6.92 Å². The zero-order valence-electron chi connectivity index (χ0n) is 15.9. The third-order valence-corrected chi connectivity index (χ3v) is 6.89. The van der Waals surface area contributed by atoms with E-state index in [2.05, 4.69) is 27.4 Å². The summed E-state index contributed by atoms with van der Waals surface area (Å²) in [5.41, 5.74) is -5.24. The molecule has 2 fully saturated rings. The number of guanidine groups is 1. The predicted octanol–water partition coefficient (Wildman–Crippen LogP) is 1.20. The van der Waals surface area contributed by atoms with Gasteiger partial charge in [-0.3, -0.25) is 4.99 Å². The van der Waals surface area contributed by atoms with Crippen molar-refractivity contribution < 1.29 is 21.6 Å². The third kappa shape index (κ3) is 5.95. The minimum Gasteiger partial charge on any atom is -0.356 e. The largest absolute Gasteiger partial charge is 0.511 e. The second-order valence-corrected chi connectivity index (χ2v) is 9.05. The number of hydrogen-bond donors (Lipinski definition) is 2. The van der Waals surface area contributed by atoms with Gasteiger partial charge < -0.3 is 15.5 Å². The average molecular weight is 414 g/mol. The van der Waals surface area contributed by atoms with Gasteiger partial charge in [0.1, 0.15) is 0 Å². The molecule has 2 rings (SSSR count). The van der Waals surface area contributed by atoms with Crippen LogP contribution in [0.25, 0.3) is 0 Å². The van der Waals surface area contributed by atoms with Crippen LogP contribution in [-0.2, 0) is 10.0 Å². The molecule has 0 spiro atoms. The summed E-state index contributed by atoms with van der Waals surface area (Å²) < 4.78 is 61.3. The Hall–Kier alpha value is -1.07. The van der Waals surface area contributed by atoms with Gasteiger partial charge in [-0.15, -0.1) is 0 Å². The number of sulfonamides is 1. The summed E-state index contributed by atoms with van der Waals surface area (Å²) in [6.07, 6.45) is 2.96. The smallest absolute Gasteiger partial charge is 0.356 e. The summed E-state index contributed by atoms with van der Waals surface area (Å²) in [5, 5.41) is 6.50. The SMILES string of the molecule is CCN1CCCC(CNC(=NC)NC2CCN(S(=O)(=O)C(F)(F)F)CC2)C1. The van der Waals surface area contributed by atoms with Crippen molar-refractivity contribution in [3.8, 4) is 0 Å². The molecule has 0 aromatic carbocycles. The molecule has 2 heterocycles. The lowest BCUT2D eigenvalue weighted by atomic mass is 9.98. The Morgan fingerprint density at radius 1 is 1.19 bits per heavy atom. The molecule has 11 heteroatoms. The molecule has 158 valence electrons. The first-order chi connectivity index (χ1) is 12.7. The molecular weight excluding hydrogens is 383 g/mol. The van der Waals surface area contributed by atoms with Crippen LogP contribution in [-0.4, -0.2) is 81.4 Å². The summed E-state index contributed by atoms with van der Waals surface area (Å²) in [6, 6.07) is -0.102. The molecule has 0 aromatic heterocycles. The quantitative estimate of drug-likeness (QED) is 0.523. The molecule has 1 atom stereocenters. The normalized spacial score (nSPS) is 24.8. The summed E-state index contributed by atoms with van der Waals surface area (Å²) in [4.78, 5) is 6.60. The van der Waals surface area contributed by atoms with Gasteiger partial charge in [0.25, 0.3) is 0 Å². The van der Waals surface area contributed by atoms with Crippen LogP contribution >= 0.6 is 0 Å². The lowest BCUT2D eigenvalue weighted by Crippen LogP contribution is -2.52. The molecule has 2 saturated heterocycles. The molecule has 27 heavy (non-hydrogen) atoms. The Kier molecular flexibility index (Phi) is 7.75. The van der Waals surface area contributed by atoms with Crippen LogP contribution in [0.15, 0.2) is 4.99 Å². The van der Waals surface area contributed by atoms with E-state index in [0.29, 0.717) is 29.0 Å². The summed E-state index contributed by atoms with van der Waals surface area (Å²) >= 11 is 0. The van der Waals surface area contributed by atoms with Crippen LogP contribution in [0.4, 0.5) is 13.2 Å². The first kappa shape index (κ1) is 22.2. The molecule has 1 unspecified atom stereocenters. The highest BCUT2D eigenvalue weighted by Crippen LogP contribution is 2.28. The van der Waals surface area contributed by atoms with Crippen LogP contribution in [0, 0.1) is 5.92 Å². The molecule has 0 saturated carbocycles. The molecule has 0 aromatic rings. The Balaban J connectivity index is 1.78. The minimum absolute atomic E-state index is 0.102. The molecular formula is C16H30F3N5O2S. The second-order valence-electron chi connectivity index (χ2n) is 7.12. The van der Waals surface area contributed by atoms with Gasteiger partial charge in [-0.05, 0) is 44.7 Å². The fraction of sp³-hybridized carbons (Fsp3) is 0.938. The number of aliphatic imine (C=N–C) groups is 1. The van der Waals surface area contributed by atoms with Gasteiger partial charge >= 0.3 is 15.5 Å². The Labute approximate surface area is 159 Å². The van der Waals surface area contributed by atoms with Gasteiger partial charge in [0.15, 0.2) is 5.96 Å². The monoisotopic (exact) mass is 413 g/mol. The van der Waals surface area contributed by atoms with Crippen molar-refractivity contribution in [3.63, 3.8) is 0 Å².